The average Bonchev–Trinajstić information content (AvgIpc) is 3.22. The molecular weight excluding hydrogens is 387 g/mol. The van der Waals surface area contributed by atoms with Crippen LogP contribution in [0.15, 0.2) is 60.0 Å². The van der Waals surface area contributed by atoms with E-state index in [1.165, 1.54) is 35.6 Å². The van der Waals surface area contributed by atoms with E-state index in [1.807, 2.05) is 29.6 Å². The van der Waals surface area contributed by atoms with Gasteiger partial charge < -0.3 is 9.47 Å². The zero-order valence-electron chi connectivity index (χ0n) is 14.4. The van der Waals surface area contributed by atoms with Crippen LogP contribution in [-0.4, -0.2) is 12.9 Å². The van der Waals surface area contributed by atoms with Crippen LogP contribution in [0.5, 0.6) is 11.5 Å². The van der Waals surface area contributed by atoms with Gasteiger partial charge in [-0.25, -0.2) is 4.39 Å². The zero-order valence-corrected chi connectivity index (χ0v) is 16.0. The Morgan fingerprint density at radius 2 is 2.07 bits per heavy atom. The van der Waals surface area contributed by atoms with Crippen molar-refractivity contribution in [2.45, 2.75) is 6.61 Å². The maximum atomic E-state index is 13.2. The summed E-state index contributed by atoms with van der Waals surface area (Å²) in [5.41, 5.74) is 1.64. The Kier molecular flexibility index (Phi) is 6.27. The van der Waals surface area contributed by atoms with E-state index in [2.05, 4.69) is 0 Å². The number of halogens is 2. The molecule has 1 heterocycles. The molecule has 0 atom stereocenters. The minimum Gasteiger partial charge on any atom is -0.496 e. The molecule has 0 fully saturated rings. The Balaban J connectivity index is 1.74. The molecule has 0 N–H and O–H groups in total. The molecule has 138 valence electrons. The molecule has 0 spiro atoms. The fourth-order valence-corrected chi connectivity index (χ4v) is 3.23. The molecule has 0 saturated heterocycles. The molecule has 27 heavy (non-hydrogen) atoms. The van der Waals surface area contributed by atoms with E-state index in [9.17, 15) is 9.18 Å². The van der Waals surface area contributed by atoms with Crippen molar-refractivity contribution in [2.24, 2.45) is 0 Å². The van der Waals surface area contributed by atoms with Gasteiger partial charge in [0.25, 0.3) is 0 Å². The van der Waals surface area contributed by atoms with Crippen LogP contribution in [0.3, 0.4) is 0 Å². The zero-order chi connectivity index (χ0) is 19.2. The van der Waals surface area contributed by atoms with E-state index in [1.54, 1.807) is 19.3 Å². The normalized spacial score (nSPS) is 10.9. The fourth-order valence-electron chi connectivity index (χ4n) is 2.42. The third kappa shape index (κ3) is 4.96. The lowest BCUT2D eigenvalue weighted by atomic mass is 10.1. The van der Waals surface area contributed by atoms with Gasteiger partial charge in [-0.1, -0.05) is 29.8 Å². The average molecular weight is 403 g/mol. The molecule has 0 aliphatic carbocycles. The minimum atomic E-state index is -0.496. The summed E-state index contributed by atoms with van der Waals surface area (Å²) in [5.74, 6) is 0.575. The molecule has 0 radical (unpaired) electrons. The number of benzene rings is 2. The minimum absolute atomic E-state index is 0.00300. The molecule has 6 heteroatoms. The summed E-state index contributed by atoms with van der Waals surface area (Å²) in [5, 5.41) is 1.87. The Bertz CT molecular complexity index is 968. The number of ether oxygens (including phenoxy) is 2. The standard InChI is InChI=1S/C21H16ClFO3S/c1-25-20-9-5-14(4-8-19(24)21-3-2-10-27-21)11-15(20)13-26-16-6-7-18(23)17(22)12-16/h2-12H,13H2,1H3/b8-4+. The van der Waals surface area contributed by atoms with Crippen LogP contribution >= 0.6 is 22.9 Å². The SMILES string of the molecule is COc1ccc(/C=C/C(=O)c2cccs2)cc1COc1ccc(F)c(Cl)c1. The van der Waals surface area contributed by atoms with E-state index in [0.717, 1.165) is 11.1 Å². The van der Waals surface area contributed by atoms with Gasteiger partial charge in [-0.3, -0.25) is 4.79 Å². The number of carbonyl (C=O) groups is 1. The molecular formula is C21H16ClFO3S. The van der Waals surface area contributed by atoms with E-state index >= 15 is 0 Å². The number of rotatable bonds is 7. The lowest BCUT2D eigenvalue weighted by Gasteiger charge is -2.11. The van der Waals surface area contributed by atoms with Crippen LogP contribution in [-0.2, 0) is 6.61 Å². The topological polar surface area (TPSA) is 35.5 Å². The highest BCUT2D eigenvalue weighted by Crippen LogP contribution is 2.25. The van der Waals surface area contributed by atoms with Crippen molar-refractivity contribution in [3.05, 3.63) is 86.8 Å². The van der Waals surface area contributed by atoms with E-state index < -0.39 is 5.82 Å². The summed E-state index contributed by atoms with van der Waals surface area (Å²) < 4.78 is 24.3. The summed E-state index contributed by atoms with van der Waals surface area (Å²) in [7, 11) is 1.57. The fraction of sp³-hybridized carbons (Fsp3) is 0.0952. The second kappa shape index (κ2) is 8.84. The van der Waals surface area contributed by atoms with E-state index in [-0.39, 0.29) is 17.4 Å². The molecule has 0 bridgehead atoms. The highest BCUT2D eigenvalue weighted by molar-refractivity contribution is 7.12. The molecule has 0 aliphatic heterocycles. The Morgan fingerprint density at radius 3 is 2.78 bits per heavy atom. The molecule has 0 aliphatic rings. The summed E-state index contributed by atoms with van der Waals surface area (Å²) in [4.78, 5) is 12.8. The first-order valence-electron chi connectivity index (χ1n) is 8.07. The Morgan fingerprint density at radius 1 is 1.22 bits per heavy atom. The van der Waals surface area contributed by atoms with Gasteiger partial charge in [0.2, 0.25) is 0 Å². The smallest absolute Gasteiger partial charge is 0.195 e. The van der Waals surface area contributed by atoms with Gasteiger partial charge in [-0.2, -0.15) is 0 Å². The van der Waals surface area contributed by atoms with Crippen molar-refractivity contribution in [3.8, 4) is 11.5 Å². The second-order valence-corrected chi connectivity index (χ2v) is 6.97. The highest BCUT2D eigenvalue weighted by Gasteiger charge is 2.07. The second-order valence-electron chi connectivity index (χ2n) is 5.61. The van der Waals surface area contributed by atoms with Crippen LogP contribution in [0.4, 0.5) is 4.39 Å². The molecule has 3 aromatic rings. The van der Waals surface area contributed by atoms with Gasteiger partial charge in [0.1, 0.15) is 23.9 Å². The monoisotopic (exact) mass is 402 g/mol. The summed E-state index contributed by atoms with van der Waals surface area (Å²) in [6.45, 7) is 0.214. The van der Waals surface area contributed by atoms with Crippen molar-refractivity contribution < 1.29 is 18.7 Å². The lowest BCUT2D eigenvalue weighted by molar-refractivity contribution is 0.105. The summed E-state index contributed by atoms with van der Waals surface area (Å²) >= 11 is 7.18. The Hall–Kier alpha value is -2.63. The number of carbonyl (C=O) groups excluding carboxylic acids is 1. The molecule has 1 aromatic heterocycles. The van der Waals surface area contributed by atoms with Gasteiger partial charge in [0, 0.05) is 11.6 Å². The molecule has 2 aromatic carbocycles. The molecule has 3 nitrogen and oxygen atoms in total. The lowest BCUT2D eigenvalue weighted by Crippen LogP contribution is -1.99. The van der Waals surface area contributed by atoms with Crippen LogP contribution in [0.1, 0.15) is 20.8 Å². The van der Waals surface area contributed by atoms with Crippen molar-refractivity contribution in [1.29, 1.82) is 0 Å². The number of allylic oxidation sites excluding steroid dienone is 1. The predicted octanol–water partition coefficient (Wildman–Crippen LogP) is 6.02. The van der Waals surface area contributed by atoms with Gasteiger partial charge in [0.15, 0.2) is 5.78 Å². The molecule has 0 amide bonds. The van der Waals surface area contributed by atoms with Gasteiger partial charge in [-0.15, -0.1) is 11.3 Å². The van der Waals surface area contributed by atoms with Crippen molar-refractivity contribution in [2.75, 3.05) is 7.11 Å². The number of hydrogen-bond acceptors (Lipinski definition) is 4. The van der Waals surface area contributed by atoms with Crippen molar-refractivity contribution in [3.63, 3.8) is 0 Å². The van der Waals surface area contributed by atoms with Crippen LogP contribution in [0.2, 0.25) is 5.02 Å². The van der Waals surface area contributed by atoms with Crippen LogP contribution < -0.4 is 9.47 Å². The third-order valence-electron chi connectivity index (χ3n) is 3.78. The number of thiophene rings is 1. The molecule has 0 saturated carbocycles. The van der Waals surface area contributed by atoms with Gasteiger partial charge >= 0.3 is 0 Å². The highest BCUT2D eigenvalue weighted by atomic mass is 35.5. The first-order chi connectivity index (χ1) is 13.1. The number of methoxy groups -OCH3 is 1. The quantitative estimate of drug-likeness (QED) is 0.358. The Labute approximate surface area is 165 Å². The first kappa shape index (κ1) is 19.1. The van der Waals surface area contributed by atoms with Crippen molar-refractivity contribution >= 4 is 34.8 Å². The van der Waals surface area contributed by atoms with Crippen molar-refractivity contribution in [1.82, 2.24) is 0 Å². The van der Waals surface area contributed by atoms with E-state index in [4.69, 9.17) is 21.1 Å². The van der Waals surface area contributed by atoms with Gasteiger partial charge in [-0.05, 0) is 47.4 Å². The summed E-state index contributed by atoms with van der Waals surface area (Å²) in [6.07, 6.45) is 3.29. The predicted molar refractivity (Wildman–Crippen MR) is 106 cm³/mol. The van der Waals surface area contributed by atoms with Gasteiger partial charge in [0.05, 0.1) is 17.0 Å². The van der Waals surface area contributed by atoms with E-state index in [0.29, 0.717) is 16.4 Å². The van der Waals surface area contributed by atoms with Crippen LogP contribution in [0.25, 0.3) is 6.08 Å². The summed E-state index contributed by atoms with van der Waals surface area (Å²) in [6, 6.07) is 13.4. The third-order valence-corrected chi connectivity index (χ3v) is 4.96. The van der Waals surface area contributed by atoms with Crippen LogP contribution in [0, 0.1) is 5.82 Å². The molecule has 0 unspecified atom stereocenters. The number of hydrogen-bond donors (Lipinski definition) is 0. The maximum Gasteiger partial charge on any atom is 0.195 e. The number of ketones is 1. The maximum absolute atomic E-state index is 13.2. The first-order valence-corrected chi connectivity index (χ1v) is 9.33. The molecule has 3 rings (SSSR count). The largest absolute Gasteiger partial charge is 0.496 e.